The van der Waals surface area contributed by atoms with Gasteiger partial charge in [0.1, 0.15) is 10.4 Å². The van der Waals surface area contributed by atoms with Crippen LogP contribution in [0.3, 0.4) is 0 Å². The molecule has 1 aromatic rings. The molecular formula is C16H25N3OS. The van der Waals surface area contributed by atoms with Gasteiger partial charge in [0.05, 0.1) is 12.1 Å². The van der Waals surface area contributed by atoms with E-state index >= 15 is 0 Å². The summed E-state index contributed by atoms with van der Waals surface area (Å²) in [6.07, 6.45) is 4.76. The summed E-state index contributed by atoms with van der Waals surface area (Å²) in [7, 11) is 0. The summed E-state index contributed by atoms with van der Waals surface area (Å²) >= 11 is 1.14. The van der Waals surface area contributed by atoms with E-state index < -0.39 is 0 Å². The lowest BCUT2D eigenvalue weighted by Crippen LogP contribution is -2.36. The van der Waals surface area contributed by atoms with Crippen molar-refractivity contribution in [1.29, 1.82) is 5.26 Å². The summed E-state index contributed by atoms with van der Waals surface area (Å²) in [6, 6.07) is 2.47. The maximum atomic E-state index is 8.84. The second-order valence-electron chi connectivity index (χ2n) is 6.73. The summed E-state index contributed by atoms with van der Waals surface area (Å²) < 4.78 is 7.98. The summed E-state index contributed by atoms with van der Waals surface area (Å²) in [4.78, 5) is 0. The third-order valence-corrected chi connectivity index (χ3v) is 4.40. The van der Waals surface area contributed by atoms with Crippen molar-refractivity contribution in [2.45, 2.75) is 76.0 Å². The molecule has 1 aromatic heterocycles. The molecule has 5 heteroatoms. The van der Waals surface area contributed by atoms with E-state index in [1.165, 1.54) is 12.1 Å². The highest BCUT2D eigenvalue weighted by Gasteiger charge is 2.35. The van der Waals surface area contributed by atoms with Crippen LogP contribution in [-0.2, 0) is 10.2 Å². The van der Waals surface area contributed by atoms with Crippen molar-refractivity contribution in [3.8, 4) is 5.40 Å². The largest absolute Gasteiger partial charge is 0.378 e. The quantitative estimate of drug-likeness (QED) is 0.447. The molecule has 2 rings (SSSR count). The van der Waals surface area contributed by atoms with Gasteiger partial charge in [-0.3, -0.25) is 4.68 Å². The van der Waals surface area contributed by atoms with Gasteiger partial charge in [-0.05, 0) is 25.3 Å². The van der Waals surface area contributed by atoms with E-state index in [4.69, 9.17) is 10.00 Å². The van der Waals surface area contributed by atoms with Gasteiger partial charge in [-0.25, -0.2) is 0 Å². The van der Waals surface area contributed by atoms with Crippen LogP contribution in [0.4, 0.5) is 0 Å². The normalized spacial score (nSPS) is 21.9. The molecule has 0 saturated heterocycles. The predicted octanol–water partition coefficient (Wildman–Crippen LogP) is 4.27. The minimum absolute atomic E-state index is 0.0371. The molecule has 1 aliphatic rings. The van der Waals surface area contributed by atoms with E-state index in [9.17, 15) is 0 Å². The minimum Gasteiger partial charge on any atom is -0.378 e. The number of thiocyanates is 1. The smallest absolute Gasteiger partial charge is 0.140 e. The highest BCUT2D eigenvalue weighted by atomic mass is 32.2. The zero-order valence-electron chi connectivity index (χ0n) is 13.4. The molecule has 0 atom stereocenters. The molecule has 116 valence electrons. The van der Waals surface area contributed by atoms with Crippen molar-refractivity contribution in [2.24, 2.45) is 0 Å². The molecule has 0 amide bonds. The van der Waals surface area contributed by atoms with Crippen LogP contribution in [0.2, 0.25) is 0 Å². The fraction of sp³-hybridized carbons (Fsp3) is 0.750. The van der Waals surface area contributed by atoms with Gasteiger partial charge in [0.15, 0.2) is 0 Å². The van der Waals surface area contributed by atoms with Gasteiger partial charge in [0.2, 0.25) is 0 Å². The number of aromatic nitrogens is 2. The van der Waals surface area contributed by atoms with E-state index in [1.54, 1.807) is 0 Å². The van der Waals surface area contributed by atoms with Crippen LogP contribution in [0.25, 0.3) is 0 Å². The van der Waals surface area contributed by atoms with Gasteiger partial charge in [0, 0.05) is 29.5 Å². The molecule has 1 saturated carbocycles. The number of hydrogen-bond acceptors (Lipinski definition) is 4. The van der Waals surface area contributed by atoms with Crippen LogP contribution in [0.1, 0.15) is 65.1 Å². The van der Waals surface area contributed by atoms with Crippen LogP contribution in [0, 0.1) is 10.7 Å². The first-order valence-electron chi connectivity index (χ1n) is 7.73. The average molecular weight is 307 g/mol. The molecular weight excluding hydrogens is 282 g/mol. The minimum atomic E-state index is 0.0371. The van der Waals surface area contributed by atoms with E-state index in [1.807, 2.05) is 0 Å². The van der Waals surface area contributed by atoms with Crippen molar-refractivity contribution in [3.05, 3.63) is 11.8 Å². The SMILES string of the molecule is CCCCO[C@H]1C[C@@H](n2nc(SC#N)cc2C(C)(C)C)C1. The molecule has 1 fully saturated rings. The van der Waals surface area contributed by atoms with E-state index in [-0.39, 0.29) is 5.41 Å². The molecule has 0 radical (unpaired) electrons. The molecule has 1 aliphatic carbocycles. The van der Waals surface area contributed by atoms with E-state index in [0.29, 0.717) is 12.1 Å². The Balaban J connectivity index is 2.02. The maximum absolute atomic E-state index is 8.84. The number of unbranched alkanes of at least 4 members (excludes halogenated alkanes) is 1. The molecule has 0 bridgehead atoms. The van der Waals surface area contributed by atoms with Crippen LogP contribution < -0.4 is 0 Å². The molecule has 0 N–H and O–H groups in total. The molecule has 1 heterocycles. The van der Waals surface area contributed by atoms with Crippen molar-refractivity contribution in [2.75, 3.05) is 6.61 Å². The summed E-state index contributed by atoms with van der Waals surface area (Å²) in [5, 5.41) is 16.4. The summed E-state index contributed by atoms with van der Waals surface area (Å²) in [5.41, 5.74) is 1.24. The third kappa shape index (κ3) is 4.02. The van der Waals surface area contributed by atoms with Crippen molar-refractivity contribution in [1.82, 2.24) is 9.78 Å². The van der Waals surface area contributed by atoms with Gasteiger partial charge in [-0.15, -0.1) is 0 Å². The molecule has 21 heavy (non-hydrogen) atoms. The Morgan fingerprint density at radius 1 is 1.48 bits per heavy atom. The average Bonchev–Trinajstić information content (AvgIpc) is 2.76. The van der Waals surface area contributed by atoms with Gasteiger partial charge >= 0.3 is 0 Å². The van der Waals surface area contributed by atoms with Crippen LogP contribution in [-0.4, -0.2) is 22.5 Å². The standard InChI is InChI=1S/C16H25N3OS/c1-5-6-7-20-13-8-12(9-13)19-14(16(2,3)4)10-15(18-19)21-11-17/h10,12-13H,5-9H2,1-4H3/t12-,13+. The number of thioether (sulfide) groups is 1. The first kappa shape index (κ1) is 16.4. The van der Waals surface area contributed by atoms with Crippen LogP contribution in [0.15, 0.2) is 11.1 Å². The summed E-state index contributed by atoms with van der Waals surface area (Å²) in [6.45, 7) is 9.62. The Morgan fingerprint density at radius 2 is 2.19 bits per heavy atom. The first-order chi connectivity index (χ1) is 9.95. The monoisotopic (exact) mass is 307 g/mol. The van der Waals surface area contributed by atoms with Crippen LogP contribution in [0.5, 0.6) is 0 Å². The van der Waals surface area contributed by atoms with Gasteiger partial charge in [0.25, 0.3) is 0 Å². The number of hydrogen-bond donors (Lipinski definition) is 0. The second kappa shape index (κ2) is 6.85. The molecule has 0 aromatic carbocycles. The maximum Gasteiger partial charge on any atom is 0.140 e. The lowest BCUT2D eigenvalue weighted by atomic mass is 9.86. The zero-order valence-corrected chi connectivity index (χ0v) is 14.2. The van der Waals surface area contributed by atoms with Gasteiger partial charge in [-0.1, -0.05) is 34.1 Å². The highest BCUT2D eigenvalue weighted by Crippen LogP contribution is 2.38. The highest BCUT2D eigenvalue weighted by molar-refractivity contribution is 8.03. The Hall–Kier alpha value is -0.990. The third-order valence-electron chi connectivity index (χ3n) is 3.90. The summed E-state index contributed by atoms with van der Waals surface area (Å²) in [5.74, 6) is 0. The fourth-order valence-corrected chi connectivity index (χ4v) is 2.97. The lowest BCUT2D eigenvalue weighted by molar-refractivity contribution is -0.0310. The second-order valence-corrected chi connectivity index (χ2v) is 7.53. The number of rotatable bonds is 6. The molecule has 0 aliphatic heterocycles. The first-order valence-corrected chi connectivity index (χ1v) is 8.55. The predicted molar refractivity (Wildman–Crippen MR) is 85.3 cm³/mol. The Labute approximate surface area is 131 Å². The number of nitriles is 1. The van der Waals surface area contributed by atoms with Crippen LogP contribution >= 0.6 is 11.8 Å². The Bertz CT molecular complexity index is 507. The lowest BCUT2D eigenvalue weighted by Gasteiger charge is -2.37. The fourth-order valence-electron chi connectivity index (χ4n) is 2.58. The zero-order chi connectivity index (χ0) is 15.5. The molecule has 0 spiro atoms. The van der Waals surface area contributed by atoms with Crippen molar-refractivity contribution in [3.63, 3.8) is 0 Å². The molecule has 0 unspecified atom stereocenters. The topological polar surface area (TPSA) is 50.8 Å². The van der Waals surface area contributed by atoms with Gasteiger partial charge in [-0.2, -0.15) is 10.4 Å². The van der Waals surface area contributed by atoms with Crippen molar-refractivity contribution >= 4 is 11.8 Å². The number of ether oxygens (including phenoxy) is 1. The Kier molecular flexibility index (Phi) is 5.34. The number of nitrogens with zero attached hydrogens (tertiary/aromatic N) is 3. The van der Waals surface area contributed by atoms with E-state index in [0.717, 1.165) is 42.7 Å². The van der Waals surface area contributed by atoms with Gasteiger partial charge < -0.3 is 4.74 Å². The van der Waals surface area contributed by atoms with Crippen molar-refractivity contribution < 1.29 is 4.74 Å². The molecule has 4 nitrogen and oxygen atoms in total. The Morgan fingerprint density at radius 3 is 2.76 bits per heavy atom. The van der Waals surface area contributed by atoms with E-state index in [2.05, 4.69) is 48.9 Å².